The van der Waals surface area contributed by atoms with Crippen molar-refractivity contribution in [2.75, 3.05) is 6.54 Å². The van der Waals surface area contributed by atoms with E-state index >= 15 is 0 Å². The Morgan fingerprint density at radius 2 is 1.88 bits per heavy atom. The van der Waals surface area contributed by atoms with Gasteiger partial charge in [-0.3, -0.25) is 9.89 Å². The van der Waals surface area contributed by atoms with E-state index in [1.807, 2.05) is 36.4 Å². The smallest absolute Gasteiger partial charge is 0.272 e. The van der Waals surface area contributed by atoms with E-state index in [1.165, 1.54) is 0 Å². The fraction of sp³-hybridized carbons (Fsp3) is 0.158. The van der Waals surface area contributed by atoms with Gasteiger partial charge < -0.3 is 10.0 Å². The highest BCUT2D eigenvalue weighted by Crippen LogP contribution is 2.19. The molecule has 0 fully saturated rings. The molecule has 1 heterocycles. The van der Waals surface area contributed by atoms with Crippen LogP contribution in [0.25, 0.3) is 0 Å². The Kier molecular flexibility index (Phi) is 5.36. The number of H-pyrrole nitrogens is 1. The molecule has 6 heteroatoms. The van der Waals surface area contributed by atoms with E-state index in [1.54, 1.807) is 29.3 Å². The van der Waals surface area contributed by atoms with Crippen molar-refractivity contribution in [1.82, 2.24) is 15.1 Å². The van der Waals surface area contributed by atoms with E-state index in [9.17, 15) is 9.90 Å². The van der Waals surface area contributed by atoms with Crippen LogP contribution in [-0.4, -0.2) is 32.7 Å². The van der Waals surface area contributed by atoms with Crippen LogP contribution in [0.4, 0.5) is 0 Å². The second-order valence-electron chi connectivity index (χ2n) is 5.70. The predicted octanol–water partition coefficient (Wildman–Crippen LogP) is 3.65. The molecule has 0 spiro atoms. The minimum atomic E-state index is -0.129. The van der Waals surface area contributed by atoms with Crippen molar-refractivity contribution in [3.05, 3.63) is 82.6 Å². The lowest BCUT2D eigenvalue weighted by atomic mass is 10.1. The molecule has 0 unspecified atom stereocenters. The molecule has 0 atom stereocenters. The Balaban J connectivity index is 1.77. The number of hydrogen-bond acceptors (Lipinski definition) is 3. The number of phenols is 1. The Morgan fingerprint density at radius 3 is 2.56 bits per heavy atom. The fourth-order valence-electron chi connectivity index (χ4n) is 2.56. The molecule has 3 rings (SSSR count). The summed E-state index contributed by atoms with van der Waals surface area (Å²) in [5.74, 6) is 0.0985. The van der Waals surface area contributed by atoms with Crippen LogP contribution in [-0.2, 0) is 13.0 Å². The molecule has 0 aliphatic carbocycles. The Labute approximate surface area is 150 Å². The van der Waals surface area contributed by atoms with Gasteiger partial charge in [-0.05, 0) is 41.8 Å². The molecule has 128 valence electrons. The summed E-state index contributed by atoms with van der Waals surface area (Å²) < 4.78 is 0. The van der Waals surface area contributed by atoms with Crippen molar-refractivity contribution in [1.29, 1.82) is 0 Å². The van der Waals surface area contributed by atoms with Crippen LogP contribution < -0.4 is 0 Å². The largest absolute Gasteiger partial charge is 0.508 e. The maximum Gasteiger partial charge on any atom is 0.272 e. The minimum Gasteiger partial charge on any atom is -0.508 e. The zero-order valence-corrected chi connectivity index (χ0v) is 14.3. The monoisotopic (exact) mass is 355 g/mol. The van der Waals surface area contributed by atoms with Gasteiger partial charge in [-0.25, -0.2) is 0 Å². The summed E-state index contributed by atoms with van der Waals surface area (Å²) in [6.07, 6.45) is 2.23. The summed E-state index contributed by atoms with van der Waals surface area (Å²) in [6, 6.07) is 16.1. The molecule has 0 radical (unpaired) electrons. The fourth-order valence-corrected chi connectivity index (χ4v) is 2.75. The van der Waals surface area contributed by atoms with E-state index in [4.69, 9.17) is 11.6 Å². The number of rotatable bonds is 6. The molecular weight excluding hydrogens is 338 g/mol. The summed E-state index contributed by atoms with van der Waals surface area (Å²) in [7, 11) is 0. The number of benzene rings is 2. The van der Waals surface area contributed by atoms with Crippen molar-refractivity contribution >= 4 is 17.5 Å². The molecular formula is C19H18ClN3O2. The van der Waals surface area contributed by atoms with Crippen LogP contribution in [0.3, 0.4) is 0 Å². The van der Waals surface area contributed by atoms with E-state index in [-0.39, 0.29) is 11.7 Å². The van der Waals surface area contributed by atoms with E-state index in [0.29, 0.717) is 30.2 Å². The standard InChI is InChI=1S/C19H18ClN3O2/c20-17-4-2-1-3-15(17)13-23(19(25)18-9-11-21-22-18)12-10-14-5-7-16(24)8-6-14/h1-9,11,24H,10,12-13H2,(H,21,22). The number of carbonyl (C=O) groups excluding carboxylic acids is 1. The summed E-state index contributed by atoms with van der Waals surface area (Å²) in [4.78, 5) is 14.5. The molecule has 1 aromatic heterocycles. The number of aromatic amines is 1. The summed E-state index contributed by atoms with van der Waals surface area (Å²) in [6.45, 7) is 0.934. The highest BCUT2D eigenvalue weighted by Gasteiger charge is 2.18. The zero-order chi connectivity index (χ0) is 17.6. The molecule has 0 saturated carbocycles. The minimum absolute atomic E-state index is 0.129. The number of hydrogen-bond donors (Lipinski definition) is 2. The van der Waals surface area contributed by atoms with Crippen LogP contribution in [0.2, 0.25) is 5.02 Å². The van der Waals surface area contributed by atoms with Crippen LogP contribution in [0.15, 0.2) is 60.8 Å². The van der Waals surface area contributed by atoms with Crippen LogP contribution in [0.1, 0.15) is 21.6 Å². The van der Waals surface area contributed by atoms with Gasteiger partial charge in [0.25, 0.3) is 5.91 Å². The molecule has 2 aromatic carbocycles. The van der Waals surface area contributed by atoms with Crippen LogP contribution in [0, 0.1) is 0 Å². The molecule has 0 aliphatic rings. The summed E-state index contributed by atoms with van der Waals surface area (Å²) in [5.41, 5.74) is 2.37. The second kappa shape index (κ2) is 7.85. The zero-order valence-electron chi connectivity index (χ0n) is 13.5. The Bertz CT molecular complexity index is 832. The first-order chi connectivity index (χ1) is 12.1. The number of aromatic nitrogens is 2. The Morgan fingerprint density at radius 1 is 1.12 bits per heavy atom. The second-order valence-corrected chi connectivity index (χ2v) is 6.11. The van der Waals surface area contributed by atoms with Gasteiger partial charge >= 0.3 is 0 Å². The van der Waals surface area contributed by atoms with Gasteiger partial charge in [0.1, 0.15) is 11.4 Å². The average molecular weight is 356 g/mol. The third-order valence-corrected chi connectivity index (χ3v) is 4.31. The molecule has 2 N–H and O–H groups in total. The highest BCUT2D eigenvalue weighted by atomic mass is 35.5. The van der Waals surface area contributed by atoms with Crippen LogP contribution in [0.5, 0.6) is 5.75 Å². The number of carbonyl (C=O) groups is 1. The van der Waals surface area contributed by atoms with Crippen LogP contribution >= 0.6 is 11.6 Å². The van der Waals surface area contributed by atoms with Gasteiger partial charge in [-0.1, -0.05) is 41.9 Å². The third kappa shape index (κ3) is 4.39. The molecule has 5 nitrogen and oxygen atoms in total. The van der Waals surface area contributed by atoms with E-state index in [0.717, 1.165) is 11.1 Å². The SMILES string of the molecule is O=C(c1ccn[nH]1)N(CCc1ccc(O)cc1)Cc1ccccc1Cl. The maximum atomic E-state index is 12.8. The molecule has 25 heavy (non-hydrogen) atoms. The van der Waals surface area contributed by atoms with Gasteiger partial charge in [0.05, 0.1) is 0 Å². The molecule has 0 bridgehead atoms. The number of phenolic OH excluding ortho intramolecular Hbond substituents is 1. The summed E-state index contributed by atoms with van der Waals surface area (Å²) >= 11 is 6.25. The van der Waals surface area contributed by atoms with E-state index in [2.05, 4.69) is 10.2 Å². The van der Waals surface area contributed by atoms with Crippen molar-refractivity contribution < 1.29 is 9.90 Å². The Hall–Kier alpha value is -2.79. The van der Waals surface area contributed by atoms with Crippen molar-refractivity contribution in [3.63, 3.8) is 0 Å². The number of nitrogens with one attached hydrogen (secondary N) is 1. The lowest BCUT2D eigenvalue weighted by Gasteiger charge is -2.23. The molecule has 1 amide bonds. The quantitative estimate of drug-likeness (QED) is 0.709. The maximum absolute atomic E-state index is 12.8. The van der Waals surface area contributed by atoms with Gasteiger partial charge in [0.2, 0.25) is 0 Å². The topological polar surface area (TPSA) is 69.2 Å². The van der Waals surface area contributed by atoms with Gasteiger partial charge in [0, 0.05) is 24.3 Å². The third-order valence-electron chi connectivity index (χ3n) is 3.94. The lowest BCUT2D eigenvalue weighted by molar-refractivity contribution is 0.0739. The number of aromatic hydroxyl groups is 1. The normalized spacial score (nSPS) is 10.6. The first-order valence-corrected chi connectivity index (χ1v) is 8.31. The van der Waals surface area contributed by atoms with Crippen molar-refractivity contribution in [2.24, 2.45) is 0 Å². The molecule has 0 saturated heterocycles. The number of nitrogens with zero attached hydrogens (tertiary/aromatic N) is 2. The highest BCUT2D eigenvalue weighted by molar-refractivity contribution is 6.31. The predicted molar refractivity (Wildman–Crippen MR) is 96.6 cm³/mol. The van der Waals surface area contributed by atoms with Crippen molar-refractivity contribution in [2.45, 2.75) is 13.0 Å². The van der Waals surface area contributed by atoms with Gasteiger partial charge in [-0.2, -0.15) is 5.10 Å². The first-order valence-electron chi connectivity index (χ1n) is 7.93. The van der Waals surface area contributed by atoms with Gasteiger partial charge in [0.15, 0.2) is 0 Å². The van der Waals surface area contributed by atoms with E-state index < -0.39 is 0 Å². The van der Waals surface area contributed by atoms with Gasteiger partial charge in [-0.15, -0.1) is 0 Å². The lowest BCUT2D eigenvalue weighted by Crippen LogP contribution is -2.33. The number of amides is 1. The van der Waals surface area contributed by atoms with Crippen molar-refractivity contribution in [3.8, 4) is 5.75 Å². The molecule has 3 aromatic rings. The average Bonchev–Trinajstić information content (AvgIpc) is 3.15. The number of halogens is 1. The summed E-state index contributed by atoms with van der Waals surface area (Å²) in [5, 5.41) is 16.6. The molecule has 0 aliphatic heterocycles. The first kappa shape index (κ1) is 17.0.